The van der Waals surface area contributed by atoms with Crippen molar-refractivity contribution in [3.8, 4) is 0 Å². The van der Waals surface area contributed by atoms with Crippen molar-refractivity contribution in [2.24, 2.45) is 0 Å². The predicted octanol–water partition coefficient (Wildman–Crippen LogP) is 0.982. The molecule has 1 fully saturated rings. The second-order valence-corrected chi connectivity index (χ2v) is 2.52. The summed E-state index contributed by atoms with van der Waals surface area (Å²) in [5, 5.41) is 9.31. The number of hydrogen-bond donors (Lipinski definition) is 1. The molecule has 1 aliphatic carbocycles. The van der Waals surface area contributed by atoms with E-state index in [0.717, 1.165) is 24.0 Å². The Balaban J connectivity index is 0. The van der Waals surface area contributed by atoms with Gasteiger partial charge in [-0.05, 0) is 24.0 Å². The largest absolute Gasteiger partial charge is 0.412 e. The van der Waals surface area contributed by atoms with Crippen LogP contribution < -0.4 is 0 Å². The zero-order chi connectivity index (χ0) is 7.56. The number of aliphatic hydroxyl groups excluding tert-OH is 1. The van der Waals surface area contributed by atoms with Gasteiger partial charge in [0, 0.05) is 21.1 Å². The molecular weight excluding hydrogens is 324 g/mol. The molecular formula is C9H14O2W. The van der Waals surface area contributed by atoms with Gasteiger partial charge in [0.05, 0.1) is 6.10 Å². The maximum absolute atomic E-state index is 9.31. The van der Waals surface area contributed by atoms with Crippen LogP contribution in [-0.2, 0) is 21.1 Å². The van der Waals surface area contributed by atoms with Gasteiger partial charge in [0.15, 0.2) is 0 Å². The standard InChI is InChI=1S/C9H12O.H2O.W/c1-3-4-8-7(2)5-6-9(8)10;;/h3-4,9-10H,1-2,5-6H2;1H2;/b8-4+;;. The third-order valence-electron chi connectivity index (χ3n) is 1.78. The van der Waals surface area contributed by atoms with Crippen LogP contribution in [0.2, 0.25) is 0 Å². The summed E-state index contributed by atoms with van der Waals surface area (Å²) in [5.41, 5.74) is 2.00. The van der Waals surface area contributed by atoms with Gasteiger partial charge in [0.2, 0.25) is 0 Å². The molecule has 0 aromatic carbocycles. The van der Waals surface area contributed by atoms with E-state index in [-0.39, 0.29) is 32.6 Å². The first-order chi connectivity index (χ1) is 4.75. The van der Waals surface area contributed by atoms with Gasteiger partial charge < -0.3 is 10.6 Å². The van der Waals surface area contributed by atoms with Crippen molar-refractivity contribution < 1.29 is 31.6 Å². The predicted molar refractivity (Wildman–Crippen MR) is 46.3 cm³/mol. The molecule has 1 aliphatic rings. The molecule has 0 saturated heterocycles. The van der Waals surface area contributed by atoms with Gasteiger partial charge in [-0.25, -0.2) is 0 Å². The summed E-state index contributed by atoms with van der Waals surface area (Å²) in [6, 6.07) is 0. The van der Waals surface area contributed by atoms with Crippen molar-refractivity contribution in [3.63, 3.8) is 0 Å². The van der Waals surface area contributed by atoms with Crippen LogP contribution >= 0.6 is 0 Å². The molecule has 0 aliphatic heterocycles. The van der Waals surface area contributed by atoms with Crippen molar-refractivity contribution in [2.45, 2.75) is 18.9 Å². The van der Waals surface area contributed by atoms with Crippen LogP contribution in [0.15, 0.2) is 36.5 Å². The average Bonchev–Trinajstić information content (AvgIpc) is 2.20. The van der Waals surface area contributed by atoms with Crippen molar-refractivity contribution in [2.75, 3.05) is 0 Å². The number of rotatable bonds is 1. The average molecular weight is 338 g/mol. The minimum Gasteiger partial charge on any atom is -0.412 e. The van der Waals surface area contributed by atoms with E-state index in [9.17, 15) is 5.11 Å². The first-order valence-electron chi connectivity index (χ1n) is 3.44. The SMILES string of the molecule is C=C/C=C1\C(=C)CCC1O.O.[W]. The van der Waals surface area contributed by atoms with Crippen LogP contribution in [0.5, 0.6) is 0 Å². The minimum absolute atomic E-state index is 0. The van der Waals surface area contributed by atoms with Gasteiger partial charge in [-0.3, -0.25) is 0 Å². The van der Waals surface area contributed by atoms with Gasteiger partial charge in [-0.15, -0.1) is 0 Å². The normalized spacial score (nSPS) is 24.6. The Kier molecular flexibility index (Phi) is 7.60. The fraction of sp³-hybridized carbons (Fsp3) is 0.333. The Morgan fingerprint density at radius 2 is 2.08 bits per heavy atom. The molecule has 1 atom stereocenters. The number of hydrogen-bond acceptors (Lipinski definition) is 1. The van der Waals surface area contributed by atoms with E-state index in [1.54, 1.807) is 6.08 Å². The third-order valence-corrected chi connectivity index (χ3v) is 1.78. The maximum Gasteiger partial charge on any atom is 0.0795 e. The Morgan fingerprint density at radius 1 is 1.50 bits per heavy atom. The third kappa shape index (κ3) is 3.06. The van der Waals surface area contributed by atoms with E-state index in [1.165, 1.54) is 0 Å². The summed E-state index contributed by atoms with van der Waals surface area (Å²) in [6.07, 6.45) is 4.96. The van der Waals surface area contributed by atoms with Crippen LogP contribution in [0.3, 0.4) is 0 Å². The molecule has 3 heteroatoms. The summed E-state index contributed by atoms with van der Waals surface area (Å²) in [4.78, 5) is 0. The van der Waals surface area contributed by atoms with Gasteiger partial charge >= 0.3 is 0 Å². The molecule has 0 spiro atoms. The Hall–Kier alpha value is -0.172. The van der Waals surface area contributed by atoms with Crippen molar-refractivity contribution in [1.82, 2.24) is 0 Å². The first-order valence-corrected chi connectivity index (χ1v) is 3.44. The fourth-order valence-electron chi connectivity index (χ4n) is 1.20. The Bertz CT molecular complexity index is 197. The van der Waals surface area contributed by atoms with Gasteiger partial charge in [-0.1, -0.05) is 25.3 Å². The van der Waals surface area contributed by atoms with E-state index in [2.05, 4.69) is 13.2 Å². The second kappa shape index (κ2) is 6.36. The summed E-state index contributed by atoms with van der Waals surface area (Å²) in [5.74, 6) is 0. The van der Waals surface area contributed by atoms with Crippen molar-refractivity contribution in [1.29, 1.82) is 0 Å². The molecule has 3 N–H and O–H groups in total. The Labute approximate surface area is 87.2 Å². The summed E-state index contributed by atoms with van der Waals surface area (Å²) >= 11 is 0. The molecule has 1 unspecified atom stereocenters. The molecule has 0 bridgehead atoms. The number of allylic oxidation sites excluding steroid dienone is 2. The summed E-state index contributed by atoms with van der Waals surface area (Å²) in [7, 11) is 0. The molecule has 1 rings (SSSR count). The van der Waals surface area contributed by atoms with Crippen molar-refractivity contribution >= 4 is 0 Å². The van der Waals surface area contributed by atoms with Crippen LogP contribution in [0.4, 0.5) is 0 Å². The smallest absolute Gasteiger partial charge is 0.0795 e. The molecule has 2 nitrogen and oxygen atoms in total. The van der Waals surface area contributed by atoms with Crippen molar-refractivity contribution in [3.05, 3.63) is 36.5 Å². The van der Waals surface area contributed by atoms with E-state index < -0.39 is 0 Å². The molecule has 68 valence electrons. The monoisotopic (exact) mass is 338 g/mol. The second-order valence-electron chi connectivity index (χ2n) is 2.52. The topological polar surface area (TPSA) is 51.7 Å². The van der Waals surface area contributed by atoms with Crippen LogP contribution in [0.25, 0.3) is 0 Å². The summed E-state index contributed by atoms with van der Waals surface area (Å²) in [6.45, 7) is 7.39. The molecule has 0 amide bonds. The maximum atomic E-state index is 9.31. The summed E-state index contributed by atoms with van der Waals surface area (Å²) < 4.78 is 0. The Morgan fingerprint density at radius 3 is 2.42 bits per heavy atom. The molecule has 0 heterocycles. The molecule has 0 aromatic heterocycles. The van der Waals surface area contributed by atoms with Gasteiger partial charge in [-0.2, -0.15) is 0 Å². The fourth-order valence-corrected chi connectivity index (χ4v) is 1.20. The first kappa shape index (κ1) is 14.4. The minimum atomic E-state index is -0.300. The zero-order valence-electron chi connectivity index (χ0n) is 6.92. The van der Waals surface area contributed by atoms with E-state index >= 15 is 0 Å². The van der Waals surface area contributed by atoms with Gasteiger partial charge in [0.1, 0.15) is 0 Å². The van der Waals surface area contributed by atoms with Crippen LogP contribution in [0, 0.1) is 0 Å². The van der Waals surface area contributed by atoms with E-state index in [0.29, 0.717) is 0 Å². The molecule has 0 radical (unpaired) electrons. The molecule has 1 saturated carbocycles. The van der Waals surface area contributed by atoms with Gasteiger partial charge in [0.25, 0.3) is 0 Å². The number of aliphatic hydroxyl groups is 1. The molecule has 0 aromatic rings. The zero-order valence-corrected chi connectivity index (χ0v) is 9.85. The van der Waals surface area contributed by atoms with E-state index in [4.69, 9.17) is 0 Å². The van der Waals surface area contributed by atoms with E-state index in [1.807, 2.05) is 6.08 Å². The molecule has 12 heavy (non-hydrogen) atoms. The quantitative estimate of drug-likeness (QED) is 0.762. The van der Waals surface area contributed by atoms with Crippen LogP contribution in [0.1, 0.15) is 12.8 Å². The van der Waals surface area contributed by atoms with Crippen LogP contribution in [-0.4, -0.2) is 16.7 Å².